The Balaban J connectivity index is 1.27. The number of unbranched alkanes of at least 4 members (excludes halogenated alkanes) is 4. The van der Waals surface area contributed by atoms with Crippen LogP contribution in [0.25, 0.3) is 0 Å². The highest BCUT2D eigenvalue weighted by molar-refractivity contribution is 7.95. The molecule has 78 heavy (non-hydrogen) atoms. The largest absolute Gasteiger partial charge is 0.459 e. The summed E-state index contributed by atoms with van der Waals surface area (Å²) in [6, 6.07) is 31.4. The number of amides is 1. The molecular formula is C63H98N2O12P+. The van der Waals surface area contributed by atoms with Crippen molar-refractivity contribution in [1.29, 1.82) is 0 Å². The SMILES string of the molecule is CC[C@H]1OC(=O)[C@H](C)[C@@H](C2C[C@@](C)(OC)[C@@H](O)[C@H](C)O2)[C@H](C)[C@@H](O[C@@H]2O[C@H](C)C[C@H](N(C)C)[C@H]2O)[C@](C)(O)C[C@@H](C)CN(C(=O)CCCCCCC[P+](c2ccccc2)(c2ccccc2)c2ccccc2)[C@H](C)[C@@H](O)[C@]1(C)O. The molecule has 3 aromatic carbocycles. The van der Waals surface area contributed by atoms with Gasteiger partial charge in [-0.2, -0.15) is 0 Å². The van der Waals surface area contributed by atoms with Crippen LogP contribution in [-0.4, -0.2) is 165 Å². The third kappa shape index (κ3) is 14.4. The second-order valence-corrected chi connectivity index (χ2v) is 28.0. The van der Waals surface area contributed by atoms with E-state index in [-0.39, 0.29) is 50.3 Å². The number of carbonyl (C=O) groups is 2. The number of nitrogens with zero attached hydrogens (tertiary/aromatic N) is 2. The lowest BCUT2D eigenvalue weighted by Gasteiger charge is -2.51. The zero-order valence-corrected chi connectivity index (χ0v) is 50.1. The summed E-state index contributed by atoms with van der Waals surface area (Å²) in [5, 5.41) is 65.1. The van der Waals surface area contributed by atoms with E-state index in [0.717, 1.165) is 31.8 Å². The first kappa shape index (κ1) is 63.8. The van der Waals surface area contributed by atoms with Crippen molar-refractivity contribution >= 4 is 35.1 Å². The lowest BCUT2D eigenvalue weighted by Crippen LogP contribution is -2.61. The fourth-order valence-corrected chi connectivity index (χ4v) is 18.0. The molecule has 3 aromatic rings. The molecular weight excluding hydrogens is 1010 g/mol. The minimum Gasteiger partial charge on any atom is -0.459 e. The van der Waals surface area contributed by atoms with Gasteiger partial charge in [0.05, 0.1) is 53.7 Å². The van der Waals surface area contributed by atoms with Crippen LogP contribution in [0.15, 0.2) is 91.0 Å². The Labute approximate surface area is 467 Å². The van der Waals surface area contributed by atoms with Crippen molar-refractivity contribution in [3.8, 4) is 0 Å². The summed E-state index contributed by atoms with van der Waals surface area (Å²) in [5.74, 6) is -3.68. The van der Waals surface area contributed by atoms with Gasteiger partial charge in [0.1, 0.15) is 53.2 Å². The van der Waals surface area contributed by atoms with Crippen LogP contribution >= 0.6 is 7.26 Å². The summed E-state index contributed by atoms with van der Waals surface area (Å²) in [5.41, 5.74) is -4.75. The molecule has 1 amide bonds. The molecule has 15 heteroatoms. The standard InChI is InChI=1S/C63H98N2O12P/c1-14-52-63(10,72)56(68)45(6)65(53(66)35-27-16-15-17-28-36-78(47-29-21-18-22-30-47,48-31-23-19-24-32-48)49-33-25-20-26-34-49)40-41(2)38-61(8,71)58(77-60-55(67)50(64(11)12)37-42(3)74-60)43(4)54(44(5)59(70)76-52)51-39-62(9,73-13)57(69)46(7)75-51/h18-26,29-34,41-46,50-52,54-58,60,67-69,71-72H,14-17,27-28,35-40H2,1-13H3/q+1/t41-,42-,43+,44-,45-,46+,50+,51?,52-,54+,55-,56-,57+,58-,60+,61-,62-,63-/m1/s1. The van der Waals surface area contributed by atoms with Gasteiger partial charge >= 0.3 is 5.97 Å². The number of benzene rings is 3. The molecule has 3 heterocycles. The van der Waals surface area contributed by atoms with Crippen LogP contribution in [0.1, 0.15) is 133 Å². The molecule has 0 spiro atoms. The van der Waals surface area contributed by atoms with Crippen molar-refractivity contribution in [1.82, 2.24) is 9.80 Å². The monoisotopic (exact) mass is 1110 g/mol. The van der Waals surface area contributed by atoms with Gasteiger partial charge < -0.3 is 59.0 Å². The number of likely N-dealkylation sites (N-methyl/N-ethyl adjacent to an activating group) is 1. The number of esters is 1. The number of hydrogen-bond acceptors (Lipinski definition) is 13. The first-order valence-electron chi connectivity index (χ1n) is 29.1. The number of rotatable bonds is 17. The number of methoxy groups -OCH3 is 1. The van der Waals surface area contributed by atoms with E-state index in [1.807, 2.05) is 46.7 Å². The number of aliphatic hydroxyl groups excluding tert-OH is 3. The van der Waals surface area contributed by atoms with Gasteiger partial charge in [0.15, 0.2) is 6.29 Å². The molecule has 14 nitrogen and oxygen atoms in total. The molecule has 3 saturated heterocycles. The van der Waals surface area contributed by atoms with Crippen LogP contribution < -0.4 is 15.9 Å². The van der Waals surface area contributed by atoms with Crippen molar-refractivity contribution in [3.05, 3.63) is 91.0 Å². The number of ether oxygens (including phenoxy) is 5. The molecule has 3 aliphatic rings. The van der Waals surface area contributed by atoms with E-state index in [2.05, 4.69) is 91.0 Å². The second-order valence-electron chi connectivity index (χ2n) is 24.4. The van der Waals surface area contributed by atoms with E-state index >= 15 is 0 Å². The van der Waals surface area contributed by atoms with Gasteiger partial charge in [0.2, 0.25) is 5.91 Å². The molecule has 0 aliphatic carbocycles. The molecule has 3 aliphatic heterocycles. The fourth-order valence-electron chi connectivity index (χ4n) is 13.6. The van der Waals surface area contributed by atoms with Crippen LogP contribution in [-0.2, 0) is 33.3 Å². The predicted octanol–water partition coefficient (Wildman–Crippen LogP) is 7.41. The fraction of sp³-hybridized carbons (Fsp3) is 0.683. The minimum absolute atomic E-state index is 0.0963. The number of cyclic esters (lactones) is 1. The van der Waals surface area contributed by atoms with Crippen LogP contribution in [0, 0.1) is 23.7 Å². The van der Waals surface area contributed by atoms with Gasteiger partial charge in [-0.3, -0.25) is 9.59 Å². The van der Waals surface area contributed by atoms with Crippen LogP contribution in [0.3, 0.4) is 0 Å². The maximum absolute atomic E-state index is 14.8. The van der Waals surface area contributed by atoms with E-state index in [1.165, 1.54) is 29.9 Å². The summed E-state index contributed by atoms with van der Waals surface area (Å²) < 4.78 is 32.2. The molecule has 6 rings (SSSR count). The summed E-state index contributed by atoms with van der Waals surface area (Å²) >= 11 is 0. The third-order valence-electron chi connectivity index (χ3n) is 18.1. The quantitative estimate of drug-likeness (QED) is 0.0512. The van der Waals surface area contributed by atoms with E-state index in [0.29, 0.717) is 12.8 Å². The zero-order valence-electron chi connectivity index (χ0n) is 49.2. The lowest BCUT2D eigenvalue weighted by atomic mass is 9.68. The summed E-state index contributed by atoms with van der Waals surface area (Å²) in [7, 11) is 3.35. The smallest absolute Gasteiger partial charge is 0.309 e. The average molecular weight is 1110 g/mol. The normalized spacial score (nSPS) is 36.8. The molecule has 0 radical (unpaired) electrons. The van der Waals surface area contributed by atoms with Gasteiger partial charge in [0, 0.05) is 38.5 Å². The molecule has 3 fully saturated rings. The van der Waals surface area contributed by atoms with E-state index in [4.69, 9.17) is 23.7 Å². The average Bonchev–Trinajstić information content (AvgIpc) is 3.42. The Morgan fingerprint density at radius 3 is 1.83 bits per heavy atom. The van der Waals surface area contributed by atoms with Gasteiger partial charge in [-0.25, -0.2) is 0 Å². The molecule has 18 atom stereocenters. The number of aliphatic hydroxyl groups is 5. The summed E-state index contributed by atoms with van der Waals surface area (Å²) in [4.78, 5) is 33.2. The first-order valence-corrected chi connectivity index (χ1v) is 31.0. The lowest BCUT2D eigenvalue weighted by molar-refractivity contribution is -0.302. The van der Waals surface area contributed by atoms with E-state index in [1.54, 1.807) is 39.5 Å². The third-order valence-corrected chi connectivity index (χ3v) is 22.6. The number of hydrogen-bond donors (Lipinski definition) is 5. The Bertz CT molecular complexity index is 2210. The van der Waals surface area contributed by atoms with Crippen molar-refractivity contribution in [2.24, 2.45) is 23.7 Å². The number of carbonyl (C=O) groups excluding carboxylic acids is 2. The maximum atomic E-state index is 14.8. The highest BCUT2D eigenvalue weighted by atomic mass is 31.2. The summed E-state index contributed by atoms with van der Waals surface area (Å²) in [6.07, 6.45) is -2.23. The highest BCUT2D eigenvalue weighted by Gasteiger charge is 2.55. The Morgan fingerprint density at radius 1 is 0.769 bits per heavy atom. The van der Waals surface area contributed by atoms with Crippen LogP contribution in [0.4, 0.5) is 0 Å². The van der Waals surface area contributed by atoms with E-state index < -0.39 is 109 Å². The Kier molecular flexibility index (Phi) is 22.6. The van der Waals surface area contributed by atoms with Crippen molar-refractivity contribution in [3.63, 3.8) is 0 Å². The van der Waals surface area contributed by atoms with Crippen LogP contribution in [0.5, 0.6) is 0 Å². The zero-order chi connectivity index (χ0) is 57.3. The molecule has 0 saturated carbocycles. The molecule has 0 aromatic heterocycles. The topological polar surface area (TPSA) is 188 Å². The van der Waals surface area contributed by atoms with E-state index in [9.17, 15) is 35.1 Å². The molecule has 1 unspecified atom stereocenters. The highest BCUT2D eigenvalue weighted by Crippen LogP contribution is 2.56. The Hall–Kier alpha value is -3.37. The van der Waals surface area contributed by atoms with Crippen molar-refractivity contribution in [2.45, 2.75) is 217 Å². The first-order chi connectivity index (χ1) is 36.8. The molecule has 5 N–H and O–H groups in total. The predicted molar refractivity (Wildman–Crippen MR) is 310 cm³/mol. The van der Waals surface area contributed by atoms with Gasteiger partial charge in [-0.05, 0) is 142 Å². The second kappa shape index (κ2) is 27.6. The van der Waals surface area contributed by atoms with Crippen molar-refractivity contribution < 1.29 is 58.8 Å². The van der Waals surface area contributed by atoms with Crippen molar-refractivity contribution in [2.75, 3.05) is 33.9 Å². The molecule has 0 bridgehead atoms. The van der Waals surface area contributed by atoms with Gasteiger partial charge in [-0.1, -0.05) is 95.1 Å². The van der Waals surface area contributed by atoms with Gasteiger partial charge in [-0.15, -0.1) is 0 Å². The van der Waals surface area contributed by atoms with Gasteiger partial charge in [0.25, 0.3) is 0 Å². The summed E-state index contributed by atoms with van der Waals surface area (Å²) in [6.45, 7) is 17.8. The maximum Gasteiger partial charge on any atom is 0.309 e. The minimum atomic E-state index is -2.00. The Morgan fingerprint density at radius 2 is 1.31 bits per heavy atom. The molecule has 436 valence electrons. The van der Waals surface area contributed by atoms with Crippen LogP contribution in [0.2, 0.25) is 0 Å².